The van der Waals surface area contributed by atoms with Gasteiger partial charge in [-0.25, -0.2) is 4.79 Å². The molecule has 1 aromatic heterocycles. The number of carbonyl (C=O) groups excluding carboxylic acids is 2. The number of hydrogen-bond acceptors (Lipinski definition) is 4. The summed E-state index contributed by atoms with van der Waals surface area (Å²) in [4.78, 5) is 24.4. The zero-order valence-electron chi connectivity index (χ0n) is 15.2. The highest BCUT2D eigenvalue weighted by molar-refractivity contribution is 5.93. The van der Waals surface area contributed by atoms with Crippen molar-refractivity contribution in [3.05, 3.63) is 59.0 Å². The molecule has 0 bridgehead atoms. The SMILES string of the molecule is CC[C@H](CNC(=O)[C@H](C)OC(=O)c1cc(C)oc1C)c1ccccc1. The van der Waals surface area contributed by atoms with Crippen molar-refractivity contribution in [2.75, 3.05) is 6.54 Å². The van der Waals surface area contributed by atoms with E-state index in [-0.39, 0.29) is 11.8 Å². The van der Waals surface area contributed by atoms with Crippen molar-refractivity contribution in [1.29, 1.82) is 0 Å². The minimum absolute atomic E-state index is 0.229. The largest absolute Gasteiger partial charge is 0.466 e. The number of rotatable bonds is 7. The first-order chi connectivity index (χ1) is 11.9. The molecule has 0 radical (unpaired) electrons. The third kappa shape index (κ3) is 4.95. The Morgan fingerprint density at radius 2 is 1.88 bits per heavy atom. The Kier molecular flexibility index (Phi) is 6.39. The molecule has 0 fully saturated rings. The maximum Gasteiger partial charge on any atom is 0.342 e. The fourth-order valence-electron chi connectivity index (χ4n) is 2.70. The van der Waals surface area contributed by atoms with Crippen molar-refractivity contribution in [2.45, 2.75) is 46.1 Å². The second-order valence-electron chi connectivity index (χ2n) is 6.14. The quantitative estimate of drug-likeness (QED) is 0.777. The number of amides is 1. The van der Waals surface area contributed by atoms with Crippen molar-refractivity contribution in [3.8, 4) is 0 Å². The Morgan fingerprint density at radius 1 is 1.20 bits per heavy atom. The van der Waals surface area contributed by atoms with Gasteiger partial charge in [0, 0.05) is 12.5 Å². The molecule has 1 N–H and O–H groups in total. The molecule has 2 aromatic rings. The molecule has 0 aliphatic heterocycles. The highest BCUT2D eigenvalue weighted by atomic mass is 16.5. The van der Waals surface area contributed by atoms with Crippen LogP contribution in [0.2, 0.25) is 0 Å². The van der Waals surface area contributed by atoms with Crippen molar-refractivity contribution in [1.82, 2.24) is 5.32 Å². The van der Waals surface area contributed by atoms with Gasteiger partial charge in [0.1, 0.15) is 17.1 Å². The van der Waals surface area contributed by atoms with E-state index in [2.05, 4.69) is 12.2 Å². The molecule has 0 spiro atoms. The van der Waals surface area contributed by atoms with Crippen LogP contribution in [0.15, 0.2) is 40.8 Å². The fourth-order valence-corrected chi connectivity index (χ4v) is 2.70. The molecule has 0 aliphatic rings. The third-order valence-corrected chi connectivity index (χ3v) is 4.20. The van der Waals surface area contributed by atoms with E-state index in [4.69, 9.17) is 9.15 Å². The Hall–Kier alpha value is -2.56. The highest BCUT2D eigenvalue weighted by Gasteiger charge is 2.22. The van der Waals surface area contributed by atoms with Gasteiger partial charge in [0.15, 0.2) is 6.10 Å². The lowest BCUT2D eigenvalue weighted by molar-refractivity contribution is -0.129. The third-order valence-electron chi connectivity index (χ3n) is 4.20. The molecule has 134 valence electrons. The van der Waals surface area contributed by atoms with Crippen LogP contribution in [0.1, 0.15) is 53.6 Å². The molecular weight excluding hydrogens is 318 g/mol. The van der Waals surface area contributed by atoms with Gasteiger partial charge in [0.25, 0.3) is 5.91 Å². The molecule has 1 heterocycles. The first kappa shape index (κ1) is 18.8. The van der Waals surface area contributed by atoms with Gasteiger partial charge < -0.3 is 14.5 Å². The van der Waals surface area contributed by atoms with E-state index in [1.807, 2.05) is 30.3 Å². The monoisotopic (exact) mass is 343 g/mol. The molecule has 2 rings (SSSR count). The predicted octanol–water partition coefficient (Wildman–Crippen LogP) is 3.75. The van der Waals surface area contributed by atoms with E-state index in [0.717, 1.165) is 6.42 Å². The van der Waals surface area contributed by atoms with E-state index in [1.54, 1.807) is 26.8 Å². The fraction of sp³-hybridized carbons (Fsp3) is 0.400. The summed E-state index contributed by atoms with van der Waals surface area (Å²) in [5.41, 5.74) is 1.53. The zero-order chi connectivity index (χ0) is 18.4. The summed E-state index contributed by atoms with van der Waals surface area (Å²) in [7, 11) is 0. The lowest BCUT2D eigenvalue weighted by Crippen LogP contribution is -2.38. The predicted molar refractivity (Wildman–Crippen MR) is 95.5 cm³/mol. The summed E-state index contributed by atoms with van der Waals surface area (Å²) in [6.07, 6.45) is 0.0433. The number of furan rings is 1. The Balaban J connectivity index is 1.89. The summed E-state index contributed by atoms with van der Waals surface area (Å²) in [6.45, 7) is 7.61. The van der Waals surface area contributed by atoms with Gasteiger partial charge in [0.05, 0.1) is 0 Å². The summed E-state index contributed by atoms with van der Waals surface area (Å²) in [5, 5.41) is 2.87. The first-order valence-electron chi connectivity index (χ1n) is 8.53. The Bertz CT molecular complexity index is 721. The van der Waals surface area contributed by atoms with Crippen molar-refractivity contribution in [2.24, 2.45) is 0 Å². The van der Waals surface area contributed by atoms with E-state index >= 15 is 0 Å². The van der Waals surface area contributed by atoms with Crippen LogP contribution in [-0.4, -0.2) is 24.5 Å². The van der Waals surface area contributed by atoms with Crippen molar-refractivity contribution >= 4 is 11.9 Å². The van der Waals surface area contributed by atoms with E-state index in [0.29, 0.717) is 23.6 Å². The number of aryl methyl sites for hydroxylation is 2. The molecule has 0 saturated heterocycles. The molecule has 0 aliphatic carbocycles. The Labute approximate surface area is 148 Å². The van der Waals surface area contributed by atoms with Gasteiger partial charge in [0.2, 0.25) is 0 Å². The second-order valence-corrected chi connectivity index (χ2v) is 6.14. The van der Waals surface area contributed by atoms with Gasteiger partial charge in [-0.05, 0) is 38.8 Å². The molecule has 2 atom stereocenters. The van der Waals surface area contributed by atoms with Crippen LogP contribution in [0.5, 0.6) is 0 Å². The minimum atomic E-state index is -0.865. The van der Waals surface area contributed by atoms with Gasteiger partial charge in [-0.2, -0.15) is 0 Å². The average molecular weight is 343 g/mol. The van der Waals surface area contributed by atoms with Crippen LogP contribution >= 0.6 is 0 Å². The van der Waals surface area contributed by atoms with Crippen LogP contribution in [0.3, 0.4) is 0 Å². The number of nitrogens with one attached hydrogen (secondary N) is 1. The normalized spacial score (nSPS) is 13.1. The van der Waals surface area contributed by atoms with Crippen LogP contribution < -0.4 is 5.32 Å². The molecule has 0 unspecified atom stereocenters. The summed E-state index contributed by atoms with van der Waals surface area (Å²) in [5.74, 6) is 0.500. The molecule has 5 heteroatoms. The number of benzene rings is 1. The lowest BCUT2D eigenvalue weighted by Gasteiger charge is -2.18. The number of hydrogen-bond donors (Lipinski definition) is 1. The van der Waals surface area contributed by atoms with Crippen molar-refractivity contribution in [3.63, 3.8) is 0 Å². The second kappa shape index (κ2) is 8.51. The zero-order valence-corrected chi connectivity index (χ0v) is 15.2. The minimum Gasteiger partial charge on any atom is -0.466 e. The molecule has 1 amide bonds. The standard InChI is InChI=1S/C20H25NO4/c1-5-16(17-9-7-6-8-10-17)12-21-19(22)15(4)25-20(23)18-11-13(2)24-14(18)3/h6-11,15-16H,5,12H2,1-4H3,(H,21,22)/t15-,16+/m0/s1. The van der Waals surface area contributed by atoms with Crippen LogP contribution in [0.25, 0.3) is 0 Å². The van der Waals surface area contributed by atoms with Gasteiger partial charge in [-0.1, -0.05) is 37.3 Å². The smallest absolute Gasteiger partial charge is 0.342 e. The maximum atomic E-state index is 12.2. The summed E-state index contributed by atoms with van der Waals surface area (Å²) >= 11 is 0. The number of ether oxygens (including phenoxy) is 1. The van der Waals surface area contributed by atoms with Crippen molar-refractivity contribution < 1.29 is 18.7 Å². The van der Waals surface area contributed by atoms with Crippen LogP contribution in [-0.2, 0) is 9.53 Å². The van der Waals surface area contributed by atoms with Gasteiger partial charge in [-0.3, -0.25) is 4.79 Å². The lowest BCUT2D eigenvalue weighted by atomic mass is 9.96. The topological polar surface area (TPSA) is 68.5 Å². The van der Waals surface area contributed by atoms with E-state index < -0.39 is 12.1 Å². The molecule has 25 heavy (non-hydrogen) atoms. The molecule has 1 aromatic carbocycles. The van der Waals surface area contributed by atoms with Crippen LogP contribution in [0, 0.1) is 13.8 Å². The van der Waals surface area contributed by atoms with E-state index in [9.17, 15) is 9.59 Å². The van der Waals surface area contributed by atoms with E-state index in [1.165, 1.54) is 5.56 Å². The van der Waals surface area contributed by atoms with Gasteiger partial charge in [-0.15, -0.1) is 0 Å². The summed E-state index contributed by atoms with van der Waals surface area (Å²) in [6, 6.07) is 11.7. The van der Waals surface area contributed by atoms with Gasteiger partial charge >= 0.3 is 5.97 Å². The maximum absolute atomic E-state index is 12.2. The molecule has 0 saturated carbocycles. The van der Waals surface area contributed by atoms with Crippen LogP contribution in [0.4, 0.5) is 0 Å². The average Bonchev–Trinajstić information content (AvgIpc) is 2.94. The molecular formula is C20H25NO4. The molecule has 5 nitrogen and oxygen atoms in total. The first-order valence-corrected chi connectivity index (χ1v) is 8.53. The number of carbonyl (C=O) groups is 2. The number of esters is 1. The Morgan fingerprint density at radius 3 is 2.44 bits per heavy atom. The highest BCUT2D eigenvalue weighted by Crippen LogP contribution is 2.18. The summed E-state index contributed by atoms with van der Waals surface area (Å²) < 4.78 is 10.6.